The summed E-state index contributed by atoms with van der Waals surface area (Å²) in [5, 5.41) is 11.3. The van der Waals surface area contributed by atoms with Crippen molar-refractivity contribution in [3.05, 3.63) is 46.7 Å². The topological polar surface area (TPSA) is 56.5 Å². The summed E-state index contributed by atoms with van der Waals surface area (Å²) in [6, 6.07) is 12.9. The van der Waals surface area contributed by atoms with Crippen LogP contribution in [0.3, 0.4) is 0 Å². The van der Waals surface area contributed by atoms with Gasteiger partial charge in [-0.15, -0.1) is 0 Å². The maximum Gasteiger partial charge on any atom is 0.222 e. The Morgan fingerprint density at radius 1 is 1.00 bits per heavy atom. The number of nitrogens with one attached hydrogen (secondary N) is 3. The van der Waals surface area contributed by atoms with Gasteiger partial charge in [0.15, 0.2) is 0 Å². The normalized spacial score (nSPS) is 11.8. The van der Waals surface area contributed by atoms with Crippen molar-refractivity contribution in [3.63, 3.8) is 0 Å². The van der Waals surface area contributed by atoms with E-state index in [2.05, 4.69) is 71.6 Å². The van der Waals surface area contributed by atoms with Gasteiger partial charge in [0.1, 0.15) is 0 Å². The Kier molecular flexibility index (Phi) is 3.29. The van der Waals surface area contributed by atoms with E-state index in [1.807, 2.05) is 6.07 Å². The van der Waals surface area contributed by atoms with Crippen LogP contribution in [0.5, 0.6) is 0 Å². The summed E-state index contributed by atoms with van der Waals surface area (Å²) in [6.45, 7) is 6.68. The molecule has 0 bridgehead atoms. The summed E-state index contributed by atoms with van der Waals surface area (Å²) >= 11 is 4.94. The summed E-state index contributed by atoms with van der Waals surface area (Å²) in [7, 11) is 0. The molecule has 0 amide bonds. The number of aromatic nitrogens is 3. The number of nitrogens with zero attached hydrogens (tertiary/aromatic N) is 1. The minimum atomic E-state index is 0.162. The minimum absolute atomic E-state index is 0.162. The summed E-state index contributed by atoms with van der Waals surface area (Å²) in [5.74, 6) is 0.616. The van der Waals surface area contributed by atoms with Gasteiger partial charge in [-0.25, -0.2) is 0 Å². The molecule has 2 aromatic carbocycles. The Morgan fingerprint density at radius 3 is 2.38 bits per heavy atom. The molecule has 3 aromatic rings. The molecular weight excluding hydrogens is 280 g/mol. The highest BCUT2D eigenvalue weighted by molar-refractivity contribution is 7.71. The fraction of sp³-hybridized carbons (Fsp3) is 0.250. The first-order valence-corrected chi connectivity index (χ1v) is 7.29. The van der Waals surface area contributed by atoms with Gasteiger partial charge in [0.25, 0.3) is 0 Å². The third-order valence-electron chi connectivity index (χ3n) is 3.47. The Hall–Kier alpha value is -2.14. The first-order valence-electron chi connectivity index (χ1n) is 6.88. The molecule has 0 aliphatic rings. The van der Waals surface area contributed by atoms with E-state index in [4.69, 9.17) is 12.2 Å². The van der Waals surface area contributed by atoms with E-state index >= 15 is 0 Å². The third kappa shape index (κ3) is 2.97. The third-order valence-corrected chi connectivity index (χ3v) is 3.66. The lowest BCUT2D eigenvalue weighted by atomic mass is 9.86. The lowest BCUT2D eigenvalue weighted by Crippen LogP contribution is -2.10. The second-order valence-corrected chi connectivity index (χ2v) is 6.55. The molecule has 0 spiro atoms. The van der Waals surface area contributed by atoms with Gasteiger partial charge in [0.05, 0.1) is 0 Å². The second kappa shape index (κ2) is 5.00. The van der Waals surface area contributed by atoms with Crippen LogP contribution in [0, 0.1) is 4.77 Å². The zero-order valence-corrected chi connectivity index (χ0v) is 13.1. The van der Waals surface area contributed by atoms with E-state index in [1.54, 1.807) is 0 Å². The molecule has 0 atom stereocenters. The van der Waals surface area contributed by atoms with Crippen molar-refractivity contribution in [2.24, 2.45) is 0 Å². The standard InChI is InChI=1S/C16H18N4S/c1-16(2,3)12-6-4-11-9-13(7-5-10(11)8-12)17-14-18-15(21)20-19-14/h4-9H,1-3H3,(H3,17,18,19,20,21). The number of fused-ring (bicyclic) bond motifs is 1. The summed E-state index contributed by atoms with van der Waals surface area (Å²) < 4.78 is 0.438. The second-order valence-electron chi connectivity index (χ2n) is 6.17. The van der Waals surface area contributed by atoms with Gasteiger partial charge in [-0.05, 0) is 46.1 Å². The van der Waals surface area contributed by atoms with Gasteiger partial charge in [-0.3, -0.25) is 10.2 Å². The van der Waals surface area contributed by atoms with Crippen molar-refractivity contribution in [1.82, 2.24) is 15.2 Å². The molecule has 4 nitrogen and oxygen atoms in total. The van der Waals surface area contributed by atoms with Crippen LogP contribution in [0.2, 0.25) is 0 Å². The van der Waals surface area contributed by atoms with Gasteiger partial charge >= 0.3 is 0 Å². The molecule has 21 heavy (non-hydrogen) atoms. The highest BCUT2D eigenvalue weighted by atomic mass is 32.1. The molecule has 108 valence electrons. The molecule has 3 N–H and O–H groups in total. The van der Waals surface area contributed by atoms with Crippen LogP contribution >= 0.6 is 12.2 Å². The van der Waals surface area contributed by atoms with Gasteiger partial charge in [-0.1, -0.05) is 45.0 Å². The average molecular weight is 298 g/mol. The minimum Gasteiger partial charge on any atom is -0.325 e. The van der Waals surface area contributed by atoms with Crippen LogP contribution in [0.1, 0.15) is 26.3 Å². The maximum absolute atomic E-state index is 4.94. The number of aromatic amines is 2. The average Bonchev–Trinajstić information content (AvgIpc) is 2.82. The highest BCUT2D eigenvalue weighted by Crippen LogP contribution is 2.28. The molecule has 0 unspecified atom stereocenters. The largest absolute Gasteiger partial charge is 0.325 e. The number of rotatable bonds is 2. The SMILES string of the molecule is CC(C)(C)c1ccc2cc(Nc3nc(=S)[nH][nH]3)ccc2c1. The molecule has 0 fully saturated rings. The molecule has 1 aromatic heterocycles. The predicted octanol–water partition coefficient (Wildman–Crippen LogP) is 4.66. The van der Waals surface area contributed by atoms with Gasteiger partial charge in [-0.2, -0.15) is 4.98 Å². The maximum atomic E-state index is 4.94. The molecular formula is C16H18N4S. The summed E-state index contributed by atoms with van der Waals surface area (Å²) in [5.41, 5.74) is 2.48. The van der Waals surface area contributed by atoms with E-state index in [1.165, 1.54) is 16.3 Å². The van der Waals surface area contributed by atoms with Crippen molar-refractivity contribution in [3.8, 4) is 0 Å². The Bertz CT molecular complexity index is 839. The van der Waals surface area contributed by atoms with E-state index in [9.17, 15) is 0 Å². The smallest absolute Gasteiger partial charge is 0.222 e. The quantitative estimate of drug-likeness (QED) is 0.603. The van der Waals surface area contributed by atoms with Crippen LogP contribution in [-0.4, -0.2) is 15.2 Å². The lowest BCUT2D eigenvalue weighted by molar-refractivity contribution is 0.591. The first kappa shape index (κ1) is 13.8. The zero-order valence-electron chi connectivity index (χ0n) is 12.3. The molecule has 0 saturated carbocycles. The van der Waals surface area contributed by atoms with Crippen LogP contribution < -0.4 is 5.32 Å². The predicted molar refractivity (Wildman–Crippen MR) is 89.7 cm³/mol. The number of H-pyrrole nitrogens is 2. The van der Waals surface area contributed by atoms with Gasteiger partial charge < -0.3 is 5.32 Å². The van der Waals surface area contributed by atoms with Crippen LogP contribution in [0.25, 0.3) is 10.8 Å². The van der Waals surface area contributed by atoms with E-state index in [0.717, 1.165) is 5.69 Å². The van der Waals surface area contributed by atoms with E-state index in [0.29, 0.717) is 10.7 Å². The van der Waals surface area contributed by atoms with Gasteiger partial charge in [0, 0.05) is 5.69 Å². The van der Waals surface area contributed by atoms with Crippen molar-refractivity contribution in [2.45, 2.75) is 26.2 Å². The molecule has 0 aliphatic carbocycles. The Morgan fingerprint density at radius 2 is 1.71 bits per heavy atom. The molecule has 0 saturated heterocycles. The van der Waals surface area contributed by atoms with Crippen LogP contribution in [-0.2, 0) is 5.41 Å². The first-order chi connectivity index (χ1) is 9.91. The summed E-state index contributed by atoms with van der Waals surface area (Å²) in [6.07, 6.45) is 0. The van der Waals surface area contributed by atoms with Crippen molar-refractivity contribution in [2.75, 3.05) is 5.32 Å². The molecule has 1 heterocycles. The monoisotopic (exact) mass is 298 g/mol. The Labute approximate surface area is 128 Å². The fourth-order valence-corrected chi connectivity index (χ4v) is 2.40. The lowest BCUT2D eigenvalue weighted by Gasteiger charge is -2.19. The van der Waals surface area contributed by atoms with E-state index < -0.39 is 0 Å². The molecule has 0 radical (unpaired) electrons. The number of benzene rings is 2. The highest BCUT2D eigenvalue weighted by Gasteiger charge is 2.13. The van der Waals surface area contributed by atoms with Crippen LogP contribution in [0.4, 0.5) is 11.6 Å². The van der Waals surface area contributed by atoms with Crippen molar-refractivity contribution >= 4 is 34.6 Å². The Balaban J connectivity index is 1.95. The van der Waals surface area contributed by atoms with Crippen molar-refractivity contribution < 1.29 is 0 Å². The van der Waals surface area contributed by atoms with Crippen molar-refractivity contribution in [1.29, 1.82) is 0 Å². The van der Waals surface area contributed by atoms with Crippen LogP contribution in [0.15, 0.2) is 36.4 Å². The van der Waals surface area contributed by atoms with E-state index in [-0.39, 0.29) is 5.41 Å². The van der Waals surface area contributed by atoms with Gasteiger partial charge in [0.2, 0.25) is 10.7 Å². The number of anilines is 2. The zero-order chi connectivity index (χ0) is 15.0. The summed E-state index contributed by atoms with van der Waals surface area (Å²) in [4.78, 5) is 4.13. The molecule has 0 aliphatic heterocycles. The number of hydrogen-bond donors (Lipinski definition) is 3. The fourth-order valence-electron chi connectivity index (χ4n) is 2.26. The molecule has 3 rings (SSSR count). The number of hydrogen-bond acceptors (Lipinski definition) is 3. The molecule has 5 heteroatoms.